The normalized spacial score (nSPS) is 16.4. The molecule has 3 rings (SSSR count). The molecule has 1 aromatic heterocycles. The number of sulfone groups is 1. The second-order valence-corrected chi connectivity index (χ2v) is 6.46. The highest BCUT2D eigenvalue weighted by Crippen LogP contribution is 2.30. The lowest BCUT2D eigenvalue weighted by atomic mass is 10.0. The first kappa shape index (κ1) is 12.0. The monoisotopic (exact) mass is 273 g/mol. The van der Waals surface area contributed by atoms with Crippen molar-refractivity contribution in [1.29, 1.82) is 0 Å². The van der Waals surface area contributed by atoms with Crippen LogP contribution in [0.4, 0.5) is 0 Å². The molecule has 0 radical (unpaired) electrons. The minimum Gasteiger partial charge on any atom is -0.288 e. The van der Waals surface area contributed by atoms with Gasteiger partial charge in [0.1, 0.15) is 0 Å². The molecule has 96 valence electrons. The summed E-state index contributed by atoms with van der Waals surface area (Å²) in [6.45, 7) is 1.70. The van der Waals surface area contributed by atoms with Gasteiger partial charge in [-0.15, -0.1) is 0 Å². The number of carbonyl (C=O) groups excluding carboxylic acids is 1. The van der Waals surface area contributed by atoms with Crippen LogP contribution in [0.5, 0.6) is 0 Å². The molecule has 0 unspecified atom stereocenters. The molecule has 0 fully saturated rings. The highest BCUT2D eigenvalue weighted by atomic mass is 32.2. The number of aromatic nitrogens is 1. The van der Waals surface area contributed by atoms with Gasteiger partial charge in [0.15, 0.2) is 15.6 Å². The molecule has 0 spiro atoms. The Labute approximate surface area is 111 Å². The number of nitrogens with zero attached hydrogens (tertiary/aromatic N) is 1. The number of pyridine rings is 1. The smallest absolute Gasteiger partial charge is 0.196 e. The molecule has 1 aliphatic rings. The van der Waals surface area contributed by atoms with Gasteiger partial charge in [-0.3, -0.25) is 9.78 Å². The molecule has 0 atom stereocenters. The van der Waals surface area contributed by atoms with Crippen molar-refractivity contribution in [3.63, 3.8) is 0 Å². The molecule has 1 aromatic carbocycles. The van der Waals surface area contributed by atoms with Crippen molar-refractivity contribution < 1.29 is 13.2 Å². The summed E-state index contributed by atoms with van der Waals surface area (Å²) >= 11 is 0. The lowest BCUT2D eigenvalue weighted by Crippen LogP contribution is -2.08. The van der Waals surface area contributed by atoms with Crippen LogP contribution in [0.25, 0.3) is 0 Å². The van der Waals surface area contributed by atoms with Crippen molar-refractivity contribution in [2.45, 2.75) is 17.6 Å². The summed E-state index contributed by atoms with van der Waals surface area (Å²) in [7, 11) is -3.54. The first-order valence-corrected chi connectivity index (χ1v) is 7.47. The van der Waals surface area contributed by atoms with E-state index >= 15 is 0 Å². The molecular formula is C14H11NO3S. The maximum absolute atomic E-state index is 12.5. The third kappa shape index (κ3) is 1.77. The Balaban J connectivity index is 2.42. The second-order valence-electron chi connectivity index (χ2n) is 4.54. The Morgan fingerprint density at radius 2 is 1.84 bits per heavy atom. The van der Waals surface area contributed by atoms with Gasteiger partial charge in [0.05, 0.1) is 16.3 Å². The Morgan fingerprint density at radius 3 is 2.63 bits per heavy atom. The van der Waals surface area contributed by atoms with Crippen LogP contribution in [0.1, 0.15) is 27.2 Å². The number of hydrogen-bond donors (Lipinski definition) is 0. The standard InChI is InChI=1S/C14H11NO3S/c1-9-4-2-5-11-13(16)10-6-3-7-15-12(10)8-19(17,18)14(9)11/h2-7H,8H2,1H3. The summed E-state index contributed by atoms with van der Waals surface area (Å²) in [6.07, 6.45) is 1.50. The van der Waals surface area contributed by atoms with Gasteiger partial charge in [0.25, 0.3) is 0 Å². The number of aryl methyl sites for hydroxylation is 1. The zero-order chi connectivity index (χ0) is 13.6. The van der Waals surface area contributed by atoms with E-state index in [1.165, 1.54) is 6.20 Å². The molecule has 0 N–H and O–H groups in total. The van der Waals surface area contributed by atoms with E-state index in [4.69, 9.17) is 0 Å². The Morgan fingerprint density at radius 1 is 1.11 bits per heavy atom. The number of fused-ring (bicyclic) bond motifs is 2. The maximum atomic E-state index is 12.5. The number of ketones is 1. The van der Waals surface area contributed by atoms with E-state index in [0.29, 0.717) is 16.8 Å². The third-order valence-electron chi connectivity index (χ3n) is 3.23. The van der Waals surface area contributed by atoms with E-state index in [2.05, 4.69) is 4.98 Å². The fourth-order valence-electron chi connectivity index (χ4n) is 2.40. The molecule has 5 heteroatoms. The van der Waals surface area contributed by atoms with Gasteiger partial charge >= 0.3 is 0 Å². The molecule has 0 saturated carbocycles. The van der Waals surface area contributed by atoms with E-state index in [1.807, 2.05) is 0 Å². The predicted molar refractivity (Wildman–Crippen MR) is 69.7 cm³/mol. The van der Waals surface area contributed by atoms with Crippen LogP contribution >= 0.6 is 0 Å². The van der Waals surface area contributed by atoms with Gasteiger partial charge < -0.3 is 0 Å². The van der Waals surface area contributed by atoms with Crippen molar-refractivity contribution in [3.8, 4) is 0 Å². The lowest BCUT2D eigenvalue weighted by Gasteiger charge is -2.07. The van der Waals surface area contributed by atoms with E-state index in [9.17, 15) is 13.2 Å². The number of rotatable bonds is 0. The quantitative estimate of drug-likeness (QED) is 0.735. The maximum Gasteiger partial charge on any atom is 0.196 e. The predicted octanol–water partition coefficient (Wildman–Crippen LogP) is 1.91. The van der Waals surface area contributed by atoms with Crippen molar-refractivity contribution in [2.75, 3.05) is 0 Å². The van der Waals surface area contributed by atoms with Crippen LogP contribution in [-0.2, 0) is 15.6 Å². The van der Waals surface area contributed by atoms with Crippen LogP contribution in [-0.4, -0.2) is 19.2 Å². The van der Waals surface area contributed by atoms with Crippen molar-refractivity contribution in [1.82, 2.24) is 4.98 Å². The molecule has 0 aliphatic carbocycles. The van der Waals surface area contributed by atoms with Crippen LogP contribution in [0.3, 0.4) is 0 Å². The summed E-state index contributed by atoms with van der Waals surface area (Å²) < 4.78 is 24.9. The SMILES string of the molecule is Cc1cccc2c1S(=O)(=O)Cc1ncccc1C2=O. The van der Waals surface area contributed by atoms with Crippen LogP contribution in [0.2, 0.25) is 0 Å². The topological polar surface area (TPSA) is 64.1 Å². The fraction of sp³-hybridized carbons (Fsp3) is 0.143. The second kappa shape index (κ2) is 3.99. The molecule has 4 nitrogen and oxygen atoms in total. The lowest BCUT2D eigenvalue weighted by molar-refractivity contribution is 0.103. The highest BCUT2D eigenvalue weighted by Gasteiger charge is 2.31. The number of benzene rings is 1. The molecule has 0 amide bonds. The first-order valence-electron chi connectivity index (χ1n) is 5.81. The van der Waals surface area contributed by atoms with Crippen LogP contribution in [0.15, 0.2) is 41.4 Å². The molecule has 19 heavy (non-hydrogen) atoms. The van der Waals surface area contributed by atoms with Crippen LogP contribution < -0.4 is 0 Å². The molecule has 0 bridgehead atoms. The van der Waals surface area contributed by atoms with Gasteiger partial charge in [-0.05, 0) is 30.7 Å². The fourth-order valence-corrected chi connectivity index (χ4v) is 4.19. The number of hydrogen-bond acceptors (Lipinski definition) is 4. The van der Waals surface area contributed by atoms with E-state index in [-0.39, 0.29) is 22.0 Å². The van der Waals surface area contributed by atoms with Crippen molar-refractivity contribution in [3.05, 3.63) is 58.9 Å². The highest BCUT2D eigenvalue weighted by molar-refractivity contribution is 7.90. The van der Waals surface area contributed by atoms with Gasteiger partial charge in [-0.25, -0.2) is 8.42 Å². The zero-order valence-corrected chi connectivity index (χ0v) is 11.1. The minimum absolute atomic E-state index is 0.137. The Bertz CT molecular complexity index is 794. The van der Waals surface area contributed by atoms with Gasteiger partial charge in [0, 0.05) is 17.3 Å². The van der Waals surface area contributed by atoms with Crippen molar-refractivity contribution in [2.24, 2.45) is 0 Å². The number of carbonyl (C=O) groups is 1. The molecule has 1 aliphatic heterocycles. The van der Waals surface area contributed by atoms with Gasteiger partial charge in [0.2, 0.25) is 0 Å². The largest absolute Gasteiger partial charge is 0.288 e. The van der Waals surface area contributed by atoms with E-state index in [1.54, 1.807) is 37.3 Å². The summed E-state index contributed by atoms with van der Waals surface area (Å²) in [5, 5.41) is 0. The first-order chi connectivity index (χ1) is 9.00. The summed E-state index contributed by atoms with van der Waals surface area (Å²) in [5.41, 5.74) is 1.53. The third-order valence-corrected chi connectivity index (χ3v) is 5.05. The van der Waals surface area contributed by atoms with E-state index < -0.39 is 9.84 Å². The Kier molecular flexibility index (Phi) is 2.53. The summed E-state index contributed by atoms with van der Waals surface area (Å²) in [5.74, 6) is -0.505. The molecule has 2 heterocycles. The van der Waals surface area contributed by atoms with E-state index in [0.717, 1.165) is 0 Å². The molecular weight excluding hydrogens is 262 g/mol. The van der Waals surface area contributed by atoms with Gasteiger partial charge in [-0.1, -0.05) is 12.1 Å². The zero-order valence-electron chi connectivity index (χ0n) is 10.3. The summed E-state index contributed by atoms with van der Waals surface area (Å²) in [6, 6.07) is 8.22. The van der Waals surface area contributed by atoms with Crippen molar-refractivity contribution >= 4 is 15.6 Å². The molecule has 0 saturated heterocycles. The summed E-state index contributed by atoms with van der Waals surface area (Å²) in [4.78, 5) is 16.6. The van der Waals surface area contributed by atoms with Crippen LogP contribution in [0, 0.1) is 6.92 Å². The molecule has 2 aromatic rings. The average molecular weight is 273 g/mol. The van der Waals surface area contributed by atoms with Gasteiger partial charge in [-0.2, -0.15) is 0 Å². The average Bonchev–Trinajstić information content (AvgIpc) is 2.45. The minimum atomic E-state index is -3.54. The Hall–Kier alpha value is -2.01.